The lowest BCUT2D eigenvalue weighted by Crippen LogP contribution is -2.54. The summed E-state index contributed by atoms with van der Waals surface area (Å²) >= 11 is 0. The van der Waals surface area contributed by atoms with Crippen molar-refractivity contribution >= 4 is 17.7 Å². The Labute approximate surface area is 149 Å². The van der Waals surface area contributed by atoms with E-state index in [1.165, 1.54) is 16.0 Å². The first-order valence-electron chi connectivity index (χ1n) is 8.82. The lowest BCUT2D eigenvalue weighted by Gasteiger charge is -2.37. The van der Waals surface area contributed by atoms with Gasteiger partial charge in [-0.1, -0.05) is 6.07 Å². The van der Waals surface area contributed by atoms with Gasteiger partial charge >= 0.3 is 6.09 Å². The van der Waals surface area contributed by atoms with Crippen LogP contribution in [0.2, 0.25) is 0 Å². The van der Waals surface area contributed by atoms with Gasteiger partial charge in [-0.3, -0.25) is 9.69 Å². The zero-order chi connectivity index (χ0) is 18.4. The number of hydrogen-bond acceptors (Lipinski definition) is 3. The third-order valence-electron chi connectivity index (χ3n) is 5.12. The normalized spacial score (nSPS) is 21.4. The summed E-state index contributed by atoms with van der Waals surface area (Å²) in [4.78, 5) is 29.9. The molecule has 25 heavy (non-hydrogen) atoms. The van der Waals surface area contributed by atoms with Crippen LogP contribution in [0.4, 0.5) is 10.5 Å². The van der Waals surface area contributed by atoms with E-state index in [0.717, 1.165) is 25.2 Å². The number of likely N-dealkylation sites (N-methyl/N-ethyl adjacent to an activating group) is 1. The van der Waals surface area contributed by atoms with E-state index in [1.807, 2.05) is 26.8 Å². The summed E-state index contributed by atoms with van der Waals surface area (Å²) in [5, 5.41) is 9.58. The first-order valence-corrected chi connectivity index (χ1v) is 8.82. The second-order valence-corrected chi connectivity index (χ2v) is 8.06. The van der Waals surface area contributed by atoms with Crippen molar-refractivity contribution in [1.82, 2.24) is 9.80 Å². The molecule has 1 atom stereocenters. The molecule has 2 aliphatic rings. The van der Waals surface area contributed by atoms with Gasteiger partial charge in [0.2, 0.25) is 5.91 Å². The van der Waals surface area contributed by atoms with E-state index in [2.05, 4.69) is 24.1 Å². The highest BCUT2D eigenvalue weighted by Crippen LogP contribution is 2.31. The second-order valence-electron chi connectivity index (χ2n) is 8.06. The van der Waals surface area contributed by atoms with Gasteiger partial charge in [0.15, 0.2) is 0 Å². The van der Waals surface area contributed by atoms with Gasteiger partial charge in [-0.15, -0.1) is 0 Å². The van der Waals surface area contributed by atoms with Crippen LogP contribution in [-0.2, 0) is 17.8 Å². The van der Waals surface area contributed by atoms with Gasteiger partial charge < -0.3 is 14.9 Å². The topological polar surface area (TPSA) is 64.1 Å². The molecule has 136 valence electrons. The Kier molecular flexibility index (Phi) is 4.49. The molecule has 1 aromatic rings. The molecule has 6 heteroatoms. The molecule has 0 spiro atoms. The number of benzene rings is 1. The summed E-state index contributed by atoms with van der Waals surface area (Å²) in [6, 6.07) is 5.57. The van der Waals surface area contributed by atoms with Crippen LogP contribution in [-0.4, -0.2) is 58.6 Å². The number of anilines is 1. The minimum Gasteiger partial charge on any atom is -0.465 e. The van der Waals surface area contributed by atoms with Crippen molar-refractivity contribution in [1.29, 1.82) is 0 Å². The summed E-state index contributed by atoms with van der Waals surface area (Å²) in [5.41, 5.74) is 2.87. The Morgan fingerprint density at radius 1 is 1.24 bits per heavy atom. The third-order valence-corrected chi connectivity index (χ3v) is 5.12. The van der Waals surface area contributed by atoms with Crippen molar-refractivity contribution in [3.63, 3.8) is 0 Å². The van der Waals surface area contributed by atoms with Crippen LogP contribution in [0.25, 0.3) is 0 Å². The molecule has 1 aromatic carbocycles. The number of fused-ring (bicyclic) bond motifs is 1. The van der Waals surface area contributed by atoms with Crippen molar-refractivity contribution in [3.8, 4) is 0 Å². The number of hydrogen-bond donors (Lipinski definition) is 1. The van der Waals surface area contributed by atoms with Crippen LogP contribution in [0.3, 0.4) is 0 Å². The van der Waals surface area contributed by atoms with Crippen molar-refractivity contribution in [2.75, 3.05) is 25.0 Å². The number of nitrogens with zero attached hydrogens (tertiary/aromatic N) is 3. The van der Waals surface area contributed by atoms with Crippen LogP contribution in [0.5, 0.6) is 0 Å². The summed E-state index contributed by atoms with van der Waals surface area (Å²) in [6.45, 7) is 7.99. The van der Waals surface area contributed by atoms with E-state index < -0.39 is 17.7 Å². The first kappa shape index (κ1) is 17.7. The molecule has 0 unspecified atom stereocenters. The van der Waals surface area contributed by atoms with Crippen LogP contribution in [0, 0.1) is 0 Å². The maximum atomic E-state index is 12.9. The molecule has 1 N–H and O–H groups in total. The number of amides is 2. The van der Waals surface area contributed by atoms with Gasteiger partial charge in [-0.05, 0) is 63.9 Å². The lowest BCUT2D eigenvalue weighted by atomic mass is 9.99. The Morgan fingerprint density at radius 2 is 1.96 bits per heavy atom. The zero-order valence-corrected chi connectivity index (χ0v) is 15.5. The number of carbonyl (C=O) groups is 2. The second kappa shape index (κ2) is 6.33. The summed E-state index contributed by atoms with van der Waals surface area (Å²) < 4.78 is 0. The molecule has 3 rings (SSSR count). The Hall–Kier alpha value is -2.08. The van der Waals surface area contributed by atoms with Gasteiger partial charge in [-0.25, -0.2) is 4.79 Å². The molecule has 0 radical (unpaired) electrons. The molecule has 1 saturated heterocycles. The van der Waals surface area contributed by atoms with Crippen LogP contribution >= 0.6 is 0 Å². The van der Waals surface area contributed by atoms with Crippen LogP contribution in [0.15, 0.2) is 18.2 Å². The largest absolute Gasteiger partial charge is 0.465 e. The van der Waals surface area contributed by atoms with Gasteiger partial charge in [0.1, 0.15) is 6.04 Å². The SMILES string of the molecule is CN1CCc2cc(N3CC[C@H](N(C(=O)O)C(C)(C)C)C3=O)ccc2C1. The van der Waals surface area contributed by atoms with Gasteiger partial charge in [0, 0.05) is 30.9 Å². The van der Waals surface area contributed by atoms with E-state index in [9.17, 15) is 14.7 Å². The van der Waals surface area contributed by atoms with Gasteiger partial charge in [0.05, 0.1) is 0 Å². The summed E-state index contributed by atoms with van der Waals surface area (Å²) in [7, 11) is 2.11. The average molecular weight is 345 g/mol. The highest BCUT2D eigenvalue weighted by molar-refractivity contribution is 6.01. The minimum atomic E-state index is -1.04. The fourth-order valence-corrected chi connectivity index (χ4v) is 3.90. The van der Waals surface area contributed by atoms with E-state index >= 15 is 0 Å². The van der Waals surface area contributed by atoms with Crippen molar-refractivity contribution in [3.05, 3.63) is 29.3 Å². The molecule has 2 heterocycles. The monoisotopic (exact) mass is 345 g/mol. The van der Waals surface area contributed by atoms with Crippen molar-refractivity contribution in [2.24, 2.45) is 0 Å². The minimum absolute atomic E-state index is 0.120. The third kappa shape index (κ3) is 3.35. The summed E-state index contributed by atoms with van der Waals surface area (Å²) in [6.07, 6.45) is 0.470. The predicted octanol–water partition coefficient (Wildman–Crippen LogP) is 2.56. The molecule has 2 aliphatic heterocycles. The van der Waals surface area contributed by atoms with Crippen molar-refractivity contribution < 1.29 is 14.7 Å². The molecular formula is C19H27N3O3. The number of rotatable bonds is 2. The van der Waals surface area contributed by atoms with E-state index in [1.54, 1.807) is 4.90 Å². The highest BCUT2D eigenvalue weighted by atomic mass is 16.4. The summed E-state index contributed by atoms with van der Waals surface area (Å²) in [5.74, 6) is -0.120. The molecule has 6 nitrogen and oxygen atoms in total. The molecule has 0 aromatic heterocycles. The number of carbonyl (C=O) groups excluding carboxylic acids is 1. The molecule has 0 saturated carbocycles. The Balaban J connectivity index is 1.84. The average Bonchev–Trinajstić information content (AvgIpc) is 2.86. The Bertz CT molecular complexity index is 696. The first-order chi connectivity index (χ1) is 11.7. The molecule has 0 aliphatic carbocycles. The fraction of sp³-hybridized carbons (Fsp3) is 0.579. The van der Waals surface area contributed by atoms with Crippen LogP contribution < -0.4 is 4.90 Å². The molecule has 2 amide bonds. The van der Waals surface area contributed by atoms with Gasteiger partial charge in [-0.2, -0.15) is 0 Å². The van der Waals surface area contributed by atoms with E-state index in [0.29, 0.717) is 13.0 Å². The highest BCUT2D eigenvalue weighted by Gasteiger charge is 2.43. The predicted molar refractivity (Wildman–Crippen MR) is 96.9 cm³/mol. The molecule has 1 fully saturated rings. The van der Waals surface area contributed by atoms with E-state index in [-0.39, 0.29) is 5.91 Å². The molecular weight excluding hydrogens is 318 g/mol. The fourth-order valence-electron chi connectivity index (χ4n) is 3.90. The zero-order valence-electron chi connectivity index (χ0n) is 15.5. The van der Waals surface area contributed by atoms with Crippen LogP contribution in [0.1, 0.15) is 38.3 Å². The maximum Gasteiger partial charge on any atom is 0.408 e. The molecule has 0 bridgehead atoms. The van der Waals surface area contributed by atoms with E-state index in [4.69, 9.17) is 0 Å². The van der Waals surface area contributed by atoms with Crippen molar-refractivity contribution in [2.45, 2.75) is 51.7 Å². The maximum absolute atomic E-state index is 12.9. The lowest BCUT2D eigenvalue weighted by molar-refractivity contribution is -0.122. The quantitative estimate of drug-likeness (QED) is 0.895. The smallest absolute Gasteiger partial charge is 0.408 e. The Morgan fingerprint density at radius 3 is 2.60 bits per heavy atom. The number of carboxylic acid groups (broad SMARTS) is 1. The van der Waals surface area contributed by atoms with Gasteiger partial charge in [0.25, 0.3) is 0 Å². The standard InChI is InChI=1S/C19H27N3O3/c1-19(2,3)22(18(24)25)16-8-10-21(17(16)23)15-6-5-14-12-20(4)9-7-13(14)11-15/h5-6,11,16H,7-10,12H2,1-4H3,(H,24,25)/t16-/m0/s1.